The van der Waals surface area contributed by atoms with Crippen LogP contribution < -0.4 is 16.6 Å². The van der Waals surface area contributed by atoms with Gasteiger partial charge < -0.3 is 10.7 Å². The molecule has 106 valence electrons. The highest BCUT2D eigenvalue weighted by atomic mass is 15.3. The van der Waals surface area contributed by atoms with E-state index in [1.54, 1.807) is 0 Å². The lowest BCUT2D eigenvalue weighted by Crippen LogP contribution is -2.16. The first-order valence-electron chi connectivity index (χ1n) is 7.32. The Balaban J connectivity index is 1.97. The largest absolute Gasteiger partial charge is 0.370 e. The number of nitrogens with one attached hydrogen (secondary N) is 2. The SMILES string of the molecule is CCc1nc(NN)c(C)c(NCCC2CCCC2)n1. The van der Waals surface area contributed by atoms with Gasteiger partial charge in [0, 0.05) is 18.5 Å². The van der Waals surface area contributed by atoms with Crippen LogP contribution in [0.5, 0.6) is 0 Å². The van der Waals surface area contributed by atoms with E-state index in [4.69, 9.17) is 5.84 Å². The number of nitrogens with zero attached hydrogens (tertiary/aromatic N) is 2. The van der Waals surface area contributed by atoms with Gasteiger partial charge in [-0.25, -0.2) is 15.8 Å². The van der Waals surface area contributed by atoms with E-state index in [0.29, 0.717) is 0 Å². The van der Waals surface area contributed by atoms with Crippen molar-refractivity contribution in [3.8, 4) is 0 Å². The molecule has 1 aromatic rings. The van der Waals surface area contributed by atoms with Crippen molar-refractivity contribution in [3.63, 3.8) is 0 Å². The maximum Gasteiger partial charge on any atom is 0.148 e. The van der Waals surface area contributed by atoms with E-state index in [9.17, 15) is 0 Å². The van der Waals surface area contributed by atoms with Crippen LogP contribution in [0.4, 0.5) is 11.6 Å². The molecule has 0 radical (unpaired) electrons. The molecule has 1 aliphatic carbocycles. The Kier molecular flexibility index (Phi) is 4.96. The van der Waals surface area contributed by atoms with Crippen molar-refractivity contribution in [1.82, 2.24) is 9.97 Å². The molecule has 0 saturated heterocycles. The van der Waals surface area contributed by atoms with Crippen molar-refractivity contribution in [2.24, 2.45) is 11.8 Å². The summed E-state index contributed by atoms with van der Waals surface area (Å²) in [4.78, 5) is 8.91. The summed E-state index contributed by atoms with van der Waals surface area (Å²) in [6, 6.07) is 0. The van der Waals surface area contributed by atoms with Gasteiger partial charge in [0.25, 0.3) is 0 Å². The van der Waals surface area contributed by atoms with Crippen molar-refractivity contribution in [2.45, 2.75) is 52.4 Å². The van der Waals surface area contributed by atoms with Crippen LogP contribution in [0.15, 0.2) is 0 Å². The summed E-state index contributed by atoms with van der Waals surface area (Å²) in [6.45, 7) is 5.02. The van der Waals surface area contributed by atoms with Crippen LogP contribution in [0.2, 0.25) is 0 Å². The normalized spacial score (nSPS) is 15.7. The highest BCUT2D eigenvalue weighted by Gasteiger charge is 2.15. The van der Waals surface area contributed by atoms with E-state index >= 15 is 0 Å². The standard InChI is InChI=1S/C14H25N5/c1-3-12-17-13(10(2)14(18-12)19-15)16-9-8-11-6-4-5-7-11/h11H,3-9,15H2,1-2H3,(H2,16,17,18,19). The van der Waals surface area contributed by atoms with Gasteiger partial charge in [-0.1, -0.05) is 32.6 Å². The van der Waals surface area contributed by atoms with Crippen LogP contribution in [0.3, 0.4) is 0 Å². The third kappa shape index (κ3) is 3.56. The smallest absolute Gasteiger partial charge is 0.148 e. The Hall–Kier alpha value is -1.36. The molecule has 1 fully saturated rings. The number of hydrogen-bond donors (Lipinski definition) is 3. The van der Waals surface area contributed by atoms with Gasteiger partial charge in [0.05, 0.1) is 0 Å². The van der Waals surface area contributed by atoms with Crippen molar-refractivity contribution in [1.29, 1.82) is 0 Å². The molecule has 5 nitrogen and oxygen atoms in total. The van der Waals surface area contributed by atoms with Gasteiger partial charge in [0.2, 0.25) is 0 Å². The summed E-state index contributed by atoms with van der Waals surface area (Å²) in [5.41, 5.74) is 3.64. The van der Waals surface area contributed by atoms with E-state index < -0.39 is 0 Å². The molecule has 0 atom stereocenters. The lowest BCUT2D eigenvalue weighted by atomic mass is 10.0. The molecule has 1 aromatic heterocycles. The molecule has 0 aromatic carbocycles. The van der Waals surface area contributed by atoms with Crippen molar-refractivity contribution < 1.29 is 0 Å². The van der Waals surface area contributed by atoms with Gasteiger partial charge in [-0.3, -0.25) is 0 Å². The quantitative estimate of drug-likeness (QED) is 0.543. The second kappa shape index (κ2) is 6.70. The number of hydrogen-bond acceptors (Lipinski definition) is 5. The summed E-state index contributed by atoms with van der Waals surface area (Å²) >= 11 is 0. The number of nitrogens with two attached hydrogens (primary N) is 1. The molecule has 0 unspecified atom stereocenters. The third-order valence-corrected chi connectivity index (χ3v) is 3.96. The van der Waals surface area contributed by atoms with Gasteiger partial charge in [-0.2, -0.15) is 0 Å². The predicted molar refractivity (Wildman–Crippen MR) is 79.0 cm³/mol. The van der Waals surface area contributed by atoms with E-state index in [1.807, 2.05) is 13.8 Å². The maximum atomic E-state index is 5.50. The molecule has 2 rings (SSSR count). The highest BCUT2D eigenvalue weighted by Crippen LogP contribution is 2.27. The molecule has 1 heterocycles. The minimum Gasteiger partial charge on any atom is -0.370 e. The zero-order valence-corrected chi connectivity index (χ0v) is 12.0. The molecule has 1 saturated carbocycles. The second-order valence-electron chi connectivity index (χ2n) is 5.33. The molecule has 4 N–H and O–H groups in total. The molecular weight excluding hydrogens is 238 g/mol. The Labute approximate surface area is 115 Å². The summed E-state index contributed by atoms with van der Waals surface area (Å²) in [7, 11) is 0. The fourth-order valence-corrected chi connectivity index (χ4v) is 2.73. The highest BCUT2D eigenvalue weighted by molar-refractivity contribution is 5.56. The molecule has 0 spiro atoms. The zero-order valence-electron chi connectivity index (χ0n) is 12.0. The van der Waals surface area contributed by atoms with Crippen molar-refractivity contribution in [2.75, 3.05) is 17.3 Å². The number of hydrazine groups is 1. The first-order chi connectivity index (χ1) is 9.24. The molecule has 0 aliphatic heterocycles. The van der Waals surface area contributed by atoms with Crippen LogP contribution >= 0.6 is 0 Å². The molecule has 0 amide bonds. The van der Waals surface area contributed by atoms with Crippen LogP contribution in [0, 0.1) is 12.8 Å². The Morgan fingerprint density at radius 2 is 1.89 bits per heavy atom. The van der Waals surface area contributed by atoms with Crippen LogP contribution in [-0.4, -0.2) is 16.5 Å². The molecule has 1 aliphatic rings. The van der Waals surface area contributed by atoms with Crippen molar-refractivity contribution in [3.05, 3.63) is 11.4 Å². The van der Waals surface area contributed by atoms with E-state index in [0.717, 1.165) is 41.9 Å². The monoisotopic (exact) mass is 263 g/mol. The van der Waals surface area contributed by atoms with Gasteiger partial charge in [-0.15, -0.1) is 0 Å². The van der Waals surface area contributed by atoms with E-state index in [-0.39, 0.29) is 0 Å². The predicted octanol–water partition coefficient (Wildman–Crippen LogP) is 2.63. The van der Waals surface area contributed by atoms with E-state index in [1.165, 1.54) is 32.1 Å². The van der Waals surface area contributed by atoms with E-state index in [2.05, 4.69) is 20.7 Å². The number of aryl methyl sites for hydroxylation is 1. The second-order valence-corrected chi connectivity index (χ2v) is 5.33. The average Bonchev–Trinajstić information content (AvgIpc) is 2.94. The Morgan fingerprint density at radius 1 is 1.21 bits per heavy atom. The zero-order chi connectivity index (χ0) is 13.7. The summed E-state index contributed by atoms with van der Waals surface area (Å²) in [5.74, 6) is 8.85. The topological polar surface area (TPSA) is 75.9 Å². The number of nitrogen functional groups attached to an aromatic ring is 1. The van der Waals surface area contributed by atoms with Crippen LogP contribution in [-0.2, 0) is 6.42 Å². The number of aromatic nitrogens is 2. The third-order valence-electron chi connectivity index (χ3n) is 3.96. The lowest BCUT2D eigenvalue weighted by Gasteiger charge is -2.14. The number of anilines is 2. The van der Waals surface area contributed by atoms with Crippen LogP contribution in [0.25, 0.3) is 0 Å². The molecule has 0 bridgehead atoms. The van der Waals surface area contributed by atoms with Gasteiger partial charge >= 0.3 is 0 Å². The molecule has 5 heteroatoms. The summed E-state index contributed by atoms with van der Waals surface area (Å²) in [6.07, 6.45) is 7.62. The van der Waals surface area contributed by atoms with Crippen LogP contribution in [0.1, 0.15) is 50.4 Å². The first-order valence-corrected chi connectivity index (χ1v) is 7.32. The Bertz CT molecular complexity index is 413. The average molecular weight is 263 g/mol. The molecule has 19 heavy (non-hydrogen) atoms. The fourth-order valence-electron chi connectivity index (χ4n) is 2.73. The maximum absolute atomic E-state index is 5.50. The first kappa shape index (κ1) is 14.1. The fraction of sp³-hybridized carbons (Fsp3) is 0.714. The van der Waals surface area contributed by atoms with Gasteiger partial charge in [0.15, 0.2) is 0 Å². The Morgan fingerprint density at radius 3 is 2.53 bits per heavy atom. The summed E-state index contributed by atoms with van der Waals surface area (Å²) in [5, 5.41) is 3.44. The minimum atomic E-state index is 0.718. The minimum absolute atomic E-state index is 0.718. The lowest BCUT2D eigenvalue weighted by molar-refractivity contribution is 0.518. The van der Waals surface area contributed by atoms with Crippen molar-refractivity contribution >= 4 is 11.6 Å². The molecular formula is C14H25N5. The van der Waals surface area contributed by atoms with Gasteiger partial charge in [-0.05, 0) is 19.3 Å². The van der Waals surface area contributed by atoms with Gasteiger partial charge in [0.1, 0.15) is 17.5 Å². The number of rotatable bonds is 6. The summed E-state index contributed by atoms with van der Waals surface area (Å²) < 4.78 is 0.